The summed E-state index contributed by atoms with van der Waals surface area (Å²) in [5, 5.41) is 6.85. The van der Waals surface area contributed by atoms with Crippen molar-refractivity contribution in [2.75, 3.05) is 39.8 Å². The van der Waals surface area contributed by atoms with Gasteiger partial charge >= 0.3 is 0 Å². The minimum absolute atomic E-state index is 0. The zero-order chi connectivity index (χ0) is 14.1. The summed E-state index contributed by atoms with van der Waals surface area (Å²) in [5.74, 6) is 2.47. The second kappa shape index (κ2) is 11.6. The van der Waals surface area contributed by atoms with Crippen LogP contribution < -0.4 is 10.6 Å². The summed E-state index contributed by atoms with van der Waals surface area (Å²) >= 11 is 0. The van der Waals surface area contributed by atoms with Gasteiger partial charge in [0.2, 0.25) is 0 Å². The molecule has 0 aromatic rings. The van der Waals surface area contributed by atoms with Crippen LogP contribution in [0.25, 0.3) is 0 Å². The van der Waals surface area contributed by atoms with Gasteiger partial charge < -0.3 is 15.5 Å². The molecule has 0 spiro atoms. The summed E-state index contributed by atoms with van der Waals surface area (Å²) < 4.78 is 0. The Labute approximate surface area is 142 Å². The number of hydrogen-bond acceptors (Lipinski definition) is 2. The Hall–Kier alpha value is -0.0400. The first-order valence-electron chi connectivity index (χ1n) is 7.82. The first kappa shape index (κ1) is 20.0. The van der Waals surface area contributed by atoms with Gasteiger partial charge in [0, 0.05) is 26.7 Å². The molecule has 1 aliphatic rings. The molecule has 0 aromatic heterocycles. The minimum Gasteiger partial charge on any atom is -0.356 e. The van der Waals surface area contributed by atoms with Gasteiger partial charge in [-0.2, -0.15) is 0 Å². The predicted octanol–water partition coefficient (Wildman–Crippen LogP) is 2.55. The highest BCUT2D eigenvalue weighted by atomic mass is 127. The zero-order valence-electron chi connectivity index (χ0n) is 13.6. The maximum atomic E-state index is 4.28. The standard InChI is InChI=1S/C15H32N4.HI/c1-5-9-19-10-7-14(12-19)11-18-15(16-4)17-8-6-13(2)3;/h13-14H,5-12H2,1-4H3,(H2,16,17,18);1H. The molecule has 2 N–H and O–H groups in total. The van der Waals surface area contributed by atoms with Gasteiger partial charge in [-0.1, -0.05) is 20.8 Å². The lowest BCUT2D eigenvalue weighted by Gasteiger charge is -2.17. The van der Waals surface area contributed by atoms with Crippen molar-refractivity contribution in [1.29, 1.82) is 0 Å². The Balaban J connectivity index is 0.00000361. The first-order chi connectivity index (χ1) is 9.15. The number of likely N-dealkylation sites (tertiary alicyclic amines) is 1. The fraction of sp³-hybridized carbons (Fsp3) is 0.933. The molecule has 0 radical (unpaired) electrons. The molecule has 0 aromatic carbocycles. The molecule has 1 heterocycles. The Bertz CT molecular complexity index is 269. The number of rotatable bonds is 7. The van der Waals surface area contributed by atoms with Gasteiger partial charge in [0.15, 0.2) is 5.96 Å². The third-order valence-electron chi connectivity index (χ3n) is 3.71. The van der Waals surface area contributed by atoms with E-state index >= 15 is 0 Å². The van der Waals surface area contributed by atoms with E-state index in [1.165, 1.54) is 38.9 Å². The van der Waals surface area contributed by atoms with Gasteiger partial charge in [-0.15, -0.1) is 24.0 Å². The highest BCUT2D eigenvalue weighted by Gasteiger charge is 2.21. The van der Waals surface area contributed by atoms with Crippen LogP contribution >= 0.6 is 24.0 Å². The van der Waals surface area contributed by atoms with Crippen LogP contribution in [0.15, 0.2) is 4.99 Å². The number of hydrogen-bond donors (Lipinski definition) is 2. The molecule has 0 aliphatic carbocycles. The minimum atomic E-state index is 0. The molecule has 1 atom stereocenters. The number of halogens is 1. The molecule has 5 heteroatoms. The van der Waals surface area contributed by atoms with Gasteiger partial charge in [0.05, 0.1) is 0 Å². The molecule has 1 fully saturated rings. The fourth-order valence-electron chi connectivity index (χ4n) is 2.54. The first-order valence-corrected chi connectivity index (χ1v) is 7.82. The molecule has 1 rings (SSSR count). The topological polar surface area (TPSA) is 39.7 Å². The molecule has 120 valence electrons. The maximum Gasteiger partial charge on any atom is 0.190 e. The van der Waals surface area contributed by atoms with Crippen LogP contribution in [0, 0.1) is 11.8 Å². The van der Waals surface area contributed by atoms with Crippen molar-refractivity contribution in [2.24, 2.45) is 16.8 Å². The Morgan fingerprint density at radius 3 is 2.70 bits per heavy atom. The molecular formula is C15H33IN4. The molecule has 0 amide bonds. The molecule has 1 saturated heterocycles. The Morgan fingerprint density at radius 1 is 1.35 bits per heavy atom. The largest absolute Gasteiger partial charge is 0.356 e. The van der Waals surface area contributed by atoms with E-state index in [0.29, 0.717) is 0 Å². The van der Waals surface area contributed by atoms with Gasteiger partial charge in [0.25, 0.3) is 0 Å². The van der Waals surface area contributed by atoms with Crippen molar-refractivity contribution in [2.45, 2.75) is 40.0 Å². The zero-order valence-corrected chi connectivity index (χ0v) is 15.9. The smallest absolute Gasteiger partial charge is 0.190 e. The number of guanidine groups is 1. The second-order valence-electron chi connectivity index (χ2n) is 6.02. The number of nitrogens with zero attached hydrogens (tertiary/aromatic N) is 2. The van der Waals surface area contributed by atoms with E-state index < -0.39 is 0 Å². The summed E-state index contributed by atoms with van der Waals surface area (Å²) in [4.78, 5) is 6.85. The number of nitrogens with one attached hydrogen (secondary N) is 2. The van der Waals surface area contributed by atoms with Gasteiger partial charge in [-0.25, -0.2) is 0 Å². The van der Waals surface area contributed by atoms with Crippen LogP contribution in [-0.2, 0) is 0 Å². The summed E-state index contributed by atoms with van der Waals surface area (Å²) in [6.45, 7) is 12.6. The van der Waals surface area contributed by atoms with Crippen LogP contribution in [0.5, 0.6) is 0 Å². The third-order valence-corrected chi connectivity index (χ3v) is 3.71. The third kappa shape index (κ3) is 8.29. The lowest BCUT2D eigenvalue weighted by Crippen LogP contribution is -2.40. The fourth-order valence-corrected chi connectivity index (χ4v) is 2.54. The van der Waals surface area contributed by atoms with E-state index in [4.69, 9.17) is 0 Å². The van der Waals surface area contributed by atoms with Gasteiger partial charge in [-0.05, 0) is 44.2 Å². The monoisotopic (exact) mass is 396 g/mol. The molecule has 4 nitrogen and oxygen atoms in total. The van der Waals surface area contributed by atoms with E-state index in [0.717, 1.165) is 30.9 Å². The van der Waals surface area contributed by atoms with Crippen molar-refractivity contribution >= 4 is 29.9 Å². The Morgan fingerprint density at radius 2 is 2.10 bits per heavy atom. The lowest BCUT2D eigenvalue weighted by molar-refractivity contribution is 0.324. The summed E-state index contributed by atoms with van der Waals surface area (Å²) in [5.41, 5.74) is 0. The molecule has 0 saturated carbocycles. The SMILES string of the molecule is CCCN1CCC(CNC(=NC)NCCC(C)C)C1.I. The molecule has 0 bridgehead atoms. The summed E-state index contributed by atoms with van der Waals surface area (Å²) in [7, 11) is 1.85. The van der Waals surface area contributed by atoms with Crippen LogP contribution in [0.2, 0.25) is 0 Å². The predicted molar refractivity (Wildman–Crippen MR) is 99.1 cm³/mol. The summed E-state index contributed by atoms with van der Waals surface area (Å²) in [6.07, 6.45) is 3.77. The molecule has 1 unspecified atom stereocenters. The van der Waals surface area contributed by atoms with Crippen LogP contribution in [0.1, 0.15) is 40.0 Å². The van der Waals surface area contributed by atoms with Crippen LogP contribution in [0.4, 0.5) is 0 Å². The van der Waals surface area contributed by atoms with Gasteiger partial charge in [0.1, 0.15) is 0 Å². The van der Waals surface area contributed by atoms with E-state index in [1.54, 1.807) is 0 Å². The van der Waals surface area contributed by atoms with E-state index in [1.807, 2.05) is 7.05 Å². The average Bonchev–Trinajstić information content (AvgIpc) is 2.81. The van der Waals surface area contributed by atoms with Gasteiger partial charge in [-0.3, -0.25) is 4.99 Å². The average molecular weight is 396 g/mol. The Kier molecular flexibility index (Phi) is 11.6. The van der Waals surface area contributed by atoms with E-state index in [2.05, 4.69) is 41.3 Å². The van der Waals surface area contributed by atoms with Crippen molar-refractivity contribution in [3.8, 4) is 0 Å². The van der Waals surface area contributed by atoms with Crippen molar-refractivity contribution < 1.29 is 0 Å². The highest BCUT2D eigenvalue weighted by Crippen LogP contribution is 2.15. The van der Waals surface area contributed by atoms with Crippen molar-refractivity contribution in [3.63, 3.8) is 0 Å². The number of aliphatic imine (C=N–C) groups is 1. The maximum absolute atomic E-state index is 4.28. The van der Waals surface area contributed by atoms with Crippen LogP contribution in [0.3, 0.4) is 0 Å². The molecule has 1 aliphatic heterocycles. The molecular weight excluding hydrogens is 363 g/mol. The summed E-state index contributed by atoms with van der Waals surface area (Å²) in [6, 6.07) is 0. The second-order valence-corrected chi connectivity index (χ2v) is 6.02. The quantitative estimate of drug-likeness (QED) is 0.395. The van der Waals surface area contributed by atoms with E-state index in [-0.39, 0.29) is 24.0 Å². The lowest BCUT2D eigenvalue weighted by atomic mass is 10.1. The highest BCUT2D eigenvalue weighted by molar-refractivity contribution is 14.0. The van der Waals surface area contributed by atoms with Crippen molar-refractivity contribution in [1.82, 2.24) is 15.5 Å². The van der Waals surface area contributed by atoms with E-state index in [9.17, 15) is 0 Å². The van der Waals surface area contributed by atoms with Crippen molar-refractivity contribution in [3.05, 3.63) is 0 Å². The normalized spacial score (nSPS) is 20.1. The van der Waals surface area contributed by atoms with Crippen LogP contribution in [-0.4, -0.2) is 50.6 Å². The molecule has 20 heavy (non-hydrogen) atoms.